The van der Waals surface area contributed by atoms with Crippen molar-refractivity contribution in [2.75, 3.05) is 0 Å². The number of ketones is 1. The van der Waals surface area contributed by atoms with E-state index >= 15 is 0 Å². The number of rotatable bonds is 11. The van der Waals surface area contributed by atoms with Gasteiger partial charge in [-0.05, 0) is 98.8 Å². The fraction of sp³-hybridized carbons (Fsp3) is 0.308. The van der Waals surface area contributed by atoms with Crippen molar-refractivity contribution in [2.45, 2.75) is 71.1 Å². The third-order valence-electron chi connectivity index (χ3n) is 8.55. The molecule has 8 heteroatoms. The number of carbonyl (C=O) groups is 3. The molecule has 0 N–H and O–H groups in total. The average molecular weight is 639 g/mol. The van der Waals surface area contributed by atoms with Crippen LogP contribution in [-0.4, -0.2) is 41.8 Å². The molecule has 0 unspecified atom stereocenters. The lowest BCUT2D eigenvalue weighted by atomic mass is 9.82. The lowest BCUT2D eigenvalue weighted by molar-refractivity contribution is -0.283. The zero-order chi connectivity index (χ0) is 33.6. The molecule has 4 aromatic rings. The minimum Gasteiger partial charge on any atom is -0.461 e. The maximum atomic E-state index is 14.3. The summed E-state index contributed by atoms with van der Waals surface area (Å²) in [5, 5.41) is 0. The first-order valence-electron chi connectivity index (χ1n) is 15.8. The Kier molecular flexibility index (Phi) is 10.5. The molecule has 0 radical (unpaired) electrons. The van der Waals surface area contributed by atoms with Crippen molar-refractivity contribution in [1.29, 1.82) is 0 Å². The number of ether oxygens (including phenoxy) is 4. The van der Waals surface area contributed by atoms with E-state index in [-0.39, 0.29) is 11.6 Å². The van der Waals surface area contributed by atoms with Crippen LogP contribution < -0.4 is 4.74 Å². The number of aryl methyl sites for hydroxylation is 1. The molecule has 1 fully saturated rings. The Morgan fingerprint density at radius 3 is 2.00 bits per heavy atom. The molecule has 0 aromatic heterocycles. The van der Waals surface area contributed by atoms with Gasteiger partial charge in [-0.2, -0.15) is 0 Å². The van der Waals surface area contributed by atoms with E-state index in [0.29, 0.717) is 41.7 Å². The van der Waals surface area contributed by atoms with Gasteiger partial charge in [0.2, 0.25) is 12.4 Å². The maximum Gasteiger partial charge on any atom is 0.338 e. The smallest absolute Gasteiger partial charge is 0.338 e. The van der Waals surface area contributed by atoms with Gasteiger partial charge in [-0.3, -0.25) is 0 Å². The third kappa shape index (κ3) is 8.32. The van der Waals surface area contributed by atoms with E-state index in [1.807, 2.05) is 32.9 Å². The molecule has 47 heavy (non-hydrogen) atoms. The summed E-state index contributed by atoms with van der Waals surface area (Å²) in [5.41, 5.74) is 2.12. The SMILES string of the molecule is CC(=O)CCCc1ccc(O[C@H]2OC(C)(C)[C@H](C)[C@@H](OC(=O)c3ccccc3)[C@H]2OC(=O)c2ccccc2)cc1-c1cccc(F)c1. The van der Waals surface area contributed by atoms with Crippen LogP contribution in [0, 0.1) is 11.7 Å². The molecule has 5 rings (SSSR count). The molecular formula is C39H39FO7. The van der Waals surface area contributed by atoms with Crippen molar-refractivity contribution >= 4 is 17.7 Å². The molecule has 0 amide bonds. The first kappa shape index (κ1) is 33.5. The summed E-state index contributed by atoms with van der Waals surface area (Å²) in [6, 6.07) is 28.8. The molecule has 1 heterocycles. The quantitative estimate of drug-likeness (QED) is 0.154. The molecule has 0 bridgehead atoms. The molecule has 0 aliphatic carbocycles. The molecule has 1 saturated heterocycles. The van der Waals surface area contributed by atoms with Gasteiger partial charge in [0, 0.05) is 12.3 Å². The van der Waals surface area contributed by atoms with Gasteiger partial charge >= 0.3 is 11.9 Å². The van der Waals surface area contributed by atoms with Crippen molar-refractivity contribution < 1.29 is 37.7 Å². The summed E-state index contributed by atoms with van der Waals surface area (Å²) < 4.78 is 39.4. The summed E-state index contributed by atoms with van der Waals surface area (Å²) in [4.78, 5) is 38.4. The Labute approximate surface area is 274 Å². The van der Waals surface area contributed by atoms with Crippen LogP contribution in [0.2, 0.25) is 0 Å². The van der Waals surface area contributed by atoms with E-state index in [2.05, 4.69) is 0 Å². The number of hydrogen-bond acceptors (Lipinski definition) is 7. The van der Waals surface area contributed by atoms with Gasteiger partial charge in [-0.1, -0.05) is 61.5 Å². The Hall–Kier alpha value is -4.82. The van der Waals surface area contributed by atoms with E-state index in [1.165, 1.54) is 12.1 Å². The fourth-order valence-corrected chi connectivity index (χ4v) is 5.66. The molecule has 1 aliphatic rings. The van der Waals surface area contributed by atoms with Crippen LogP contribution in [0.25, 0.3) is 11.1 Å². The third-order valence-corrected chi connectivity index (χ3v) is 8.55. The van der Waals surface area contributed by atoms with Crippen molar-refractivity contribution in [3.63, 3.8) is 0 Å². The predicted molar refractivity (Wildman–Crippen MR) is 175 cm³/mol. The lowest BCUT2D eigenvalue weighted by Crippen LogP contribution is -2.62. The van der Waals surface area contributed by atoms with Gasteiger partial charge in [0.05, 0.1) is 16.7 Å². The second kappa shape index (κ2) is 14.7. The summed E-state index contributed by atoms with van der Waals surface area (Å²) >= 11 is 0. The summed E-state index contributed by atoms with van der Waals surface area (Å²) in [6.07, 6.45) is -1.58. The maximum absolute atomic E-state index is 14.3. The average Bonchev–Trinajstić information content (AvgIpc) is 3.06. The number of Topliss-reactive ketones (excluding diaryl/α,β-unsaturated/α-hetero) is 1. The number of halogens is 1. The Bertz CT molecular complexity index is 1700. The largest absolute Gasteiger partial charge is 0.461 e. The number of hydrogen-bond donors (Lipinski definition) is 0. The van der Waals surface area contributed by atoms with Crippen LogP contribution in [0.1, 0.15) is 66.8 Å². The van der Waals surface area contributed by atoms with E-state index < -0.39 is 42.0 Å². The van der Waals surface area contributed by atoms with Gasteiger partial charge in [0.25, 0.3) is 0 Å². The highest BCUT2D eigenvalue weighted by molar-refractivity contribution is 5.90. The number of benzene rings is 4. The van der Waals surface area contributed by atoms with Crippen molar-refractivity contribution in [3.8, 4) is 16.9 Å². The monoisotopic (exact) mass is 638 g/mol. The highest BCUT2D eigenvalue weighted by Gasteiger charge is 2.53. The predicted octanol–water partition coefficient (Wildman–Crippen LogP) is 8.01. The van der Waals surface area contributed by atoms with Crippen molar-refractivity contribution in [2.24, 2.45) is 5.92 Å². The lowest BCUT2D eigenvalue weighted by Gasteiger charge is -2.48. The molecule has 7 nitrogen and oxygen atoms in total. The second-order valence-electron chi connectivity index (χ2n) is 12.4. The van der Waals surface area contributed by atoms with Crippen LogP contribution in [0.4, 0.5) is 4.39 Å². The van der Waals surface area contributed by atoms with Crippen molar-refractivity contribution in [1.82, 2.24) is 0 Å². The van der Waals surface area contributed by atoms with Crippen LogP contribution in [0.15, 0.2) is 103 Å². The van der Waals surface area contributed by atoms with Gasteiger partial charge < -0.3 is 23.7 Å². The Morgan fingerprint density at radius 2 is 1.40 bits per heavy atom. The zero-order valence-corrected chi connectivity index (χ0v) is 27.0. The van der Waals surface area contributed by atoms with Crippen LogP contribution in [-0.2, 0) is 25.4 Å². The van der Waals surface area contributed by atoms with Gasteiger partial charge in [-0.25, -0.2) is 14.0 Å². The van der Waals surface area contributed by atoms with E-state index in [4.69, 9.17) is 18.9 Å². The van der Waals surface area contributed by atoms with Crippen LogP contribution in [0.5, 0.6) is 5.75 Å². The van der Waals surface area contributed by atoms with E-state index in [9.17, 15) is 18.8 Å². The molecule has 4 atom stereocenters. The highest BCUT2D eigenvalue weighted by atomic mass is 19.1. The molecule has 0 spiro atoms. The van der Waals surface area contributed by atoms with Crippen LogP contribution >= 0.6 is 0 Å². The Morgan fingerprint density at radius 1 is 0.787 bits per heavy atom. The topological polar surface area (TPSA) is 88.1 Å². The normalized spacial score (nSPS) is 20.2. The molecule has 244 valence electrons. The zero-order valence-electron chi connectivity index (χ0n) is 27.0. The first-order valence-corrected chi connectivity index (χ1v) is 15.8. The minimum absolute atomic E-state index is 0.0992. The Balaban J connectivity index is 1.51. The van der Waals surface area contributed by atoms with Crippen molar-refractivity contribution in [3.05, 3.63) is 126 Å². The molecular weight excluding hydrogens is 599 g/mol. The summed E-state index contributed by atoms with van der Waals surface area (Å²) in [5.74, 6) is -1.50. The summed E-state index contributed by atoms with van der Waals surface area (Å²) in [7, 11) is 0. The number of carbonyl (C=O) groups excluding carboxylic acids is 3. The van der Waals surface area contributed by atoms with E-state index in [0.717, 1.165) is 11.1 Å². The van der Waals surface area contributed by atoms with Crippen LogP contribution in [0.3, 0.4) is 0 Å². The molecule has 1 aliphatic heterocycles. The van der Waals surface area contributed by atoms with Gasteiger partial charge in [-0.15, -0.1) is 0 Å². The second-order valence-corrected chi connectivity index (χ2v) is 12.4. The molecule has 4 aromatic carbocycles. The molecule has 0 saturated carbocycles. The first-order chi connectivity index (χ1) is 22.5. The fourth-order valence-electron chi connectivity index (χ4n) is 5.66. The standard InChI is InChI=1S/C39H39FO7/c1-25(41)13-11-18-27-21-22-32(24-33(27)30-19-12-20-31(40)23-30)44-38-35(46-37(43)29-16-9-6-10-17-29)34(26(2)39(3,4)47-38)45-36(42)28-14-7-5-8-15-28/h5-10,12,14-17,19-24,26,34-35,38H,11,13,18H2,1-4H3/t26-,34-,35-,38+/m1/s1. The summed E-state index contributed by atoms with van der Waals surface area (Å²) in [6.45, 7) is 7.16. The van der Waals surface area contributed by atoms with E-state index in [1.54, 1.807) is 85.8 Å². The van der Waals surface area contributed by atoms with Gasteiger partial charge in [0.15, 0.2) is 6.10 Å². The van der Waals surface area contributed by atoms with Gasteiger partial charge in [0.1, 0.15) is 17.3 Å². The minimum atomic E-state index is -1.17. The highest BCUT2D eigenvalue weighted by Crippen LogP contribution is 2.40. The number of esters is 2.